The van der Waals surface area contributed by atoms with Crippen molar-refractivity contribution in [2.45, 2.75) is 22.2 Å². The molecular weight excluding hydrogens is 327 g/mol. The first kappa shape index (κ1) is 13.2. The smallest absolute Gasteiger partial charge is 0.219 e. The molecule has 0 spiro atoms. The Morgan fingerprint density at radius 3 is 1.23 bits per heavy atom. The van der Waals surface area contributed by atoms with Crippen molar-refractivity contribution in [3.05, 3.63) is 0 Å². The normalized spacial score (nSPS) is 18.9. The van der Waals surface area contributed by atoms with Gasteiger partial charge in [0.25, 0.3) is 10.1 Å². The van der Waals surface area contributed by atoms with E-state index in [2.05, 4.69) is 0 Å². The second-order valence-electron chi connectivity index (χ2n) is 2.00. The molecule has 0 radical (unpaired) electrons. The molecule has 0 saturated carbocycles. The Hall–Kier alpha value is 0.170. The molecule has 0 amide bonds. The highest BCUT2D eigenvalue weighted by atomic mass is 127. The molecule has 0 aromatic rings. The van der Waals surface area contributed by atoms with E-state index in [-0.39, 0.29) is 22.6 Å². The summed E-state index contributed by atoms with van der Waals surface area (Å²) >= 11 is -0.253. The third-order valence-electron chi connectivity index (χ3n) is 1.05. The lowest BCUT2D eigenvalue weighted by Gasteiger charge is -2.28. The number of alkyl halides is 9. The predicted molar refractivity (Wildman–Crippen MR) is 34.9 cm³/mol. The largest absolute Gasteiger partial charge is 0.457 e. The van der Waals surface area contributed by atoms with E-state index in [1.807, 2.05) is 0 Å². The predicted octanol–water partition coefficient (Wildman–Crippen LogP) is 3.55. The maximum atomic E-state index is 12.3. The minimum Gasteiger partial charge on any atom is -0.219 e. The van der Waals surface area contributed by atoms with Gasteiger partial charge < -0.3 is 0 Å². The van der Waals surface area contributed by atoms with Crippen LogP contribution in [0.1, 0.15) is 0 Å². The minimum absolute atomic E-state index is 0.253. The second kappa shape index (κ2) is 3.39. The maximum Gasteiger partial charge on any atom is 0.457 e. The number of rotatable bonds is 2. The van der Waals surface area contributed by atoms with Crippen LogP contribution in [0.2, 0.25) is 0 Å². The number of hydrogen-bond donors (Lipinski definition) is 0. The van der Waals surface area contributed by atoms with Crippen LogP contribution < -0.4 is 0 Å². The molecule has 0 aromatic carbocycles. The van der Waals surface area contributed by atoms with E-state index < -0.39 is 22.2 Å². The fraction of sp³-hybridized carbons (Fsp3) is 1.00. The van der Waals surface area contributed by atoms with E-state index in [1.54, 1.807) is 0 Å². The first-order chi connectivity index (χ1) is 5.44. The fourth-order valence-corrected chi connectivity index (χ4v) is 0.632. The summed E-state index contributed by atoms with van der Waals surface area (Å²) in [5.74, 6) is -6.07. The lowest BCUT2D eigenvalue weighted by atomic mass is 10.2. The van der Waals surface area contributed by atoms with Gasteiger partial charge in [0.2, 0.25) is 0 Å². The molecule has 0 aliphatic heterocycles. The van der Waals surface area contributed by atoms with Crippen molar-refractivity contribution >= 4 is 22.6 Å². The molecule has 13 heavy (non-hydrogen) atoms. The van der Waals surface area contributed by atoms with E-state index in [0.717, 1.165) is 0 Å². The zero-order chi connectivity index (χ0) is 11.1. The Kier molecular flexibility index (Phi) is 3.43. The van der Waals surface area contributed by atoms with Gasteiger partial charge in [0, 0.05) is 0 Å². The van der Waals surface area contributed by atoms with Crippen molar-refractivity contribution in [3.8, 4) is 0 Å². The highest BCUT2D eigenvalue weighted by molar-refractivity contribution is 14.1. The lowest BCUT2D eigenvalue weighted by molar-refractivity contribution is -0.319. The summed E-state index contributed by atoms with van der Waals surface area (Å²) in [7, 11) is 0. The molecule has 80 valence electrons. The average molecular weight is 328 g/mol. The van der Waals surface area contributed by atoms with Crippen molar-refractivity contribution in [1.82, 2.24) is 0 Å². The van der Waals surface area contributed by atoms with Gasteiger partial charge in [-0.05, 0) is 22.6 Å². The molecule has 0 saturated heterocycles. The van der Waals surface area contributed by atoms with Gasteiger partial charge in [-0.1, -0.05) is 0 Å². The van der Waals surface area contributed by atoms with Gasteiger partial charge in [0.1, 0.15) is 0 Å². The molecule has 0 bridgehead atoms. The Labute approximate surface area is 80.4 Å². The zero-order valence-corrected chi connectivity index (χ0v) is 7.64. The molecule has 9 heteroatoms. The van der Waals surface area contributed by atoms with Crippen LogP contribution >= 0.6 is 22.6 Å². The summed E-state index contributed by atoms with van der Waals surface area (Å²) in [5.41, 5.74) is 0. The first-order valence-electron chi connectivity index (χ1n) is 2.55. The summed E-state index contributed by atoms with van der Waals surface area (Å²) in [6.07, 6.45) is -10.8. The third kappa shape index (κ3) is 2.15. The van der Waals surface area contributed by atoms with E-state index in [9.17, 15) is 35.1 Å². The van der Waals surface area contributed by atoms with Gasteiger partial charge >= 0.3 is 12.1 Å². The average Bonchev–Trinajstić information content (AvgIpc) is 1.84. The van der Waals surface area contributed by atoms with Gasteiger partial charge in [-0.15, -0.1) is 0 Å². The highest BCUT2D eigenvalue weighted by Gasteiger charge is 2.74. The van der Waals surface area contributed by atoms with Crippen LogP contribution in [0.5, 0.6) is 0 Å². The summed E-state index contributed by atoms with van der Waals surface area (Å²) in [5, 5.41) is 0. The molecule has 0 fully saturated rings. The van der Waals surface area contributed by atoms with E-state index in [4.69, 9.17) is 0 Å². The quantitative estimate of drug-likeness (QED) is 0.413. The fourth-order valence-electron chi connectivity index (χ4n) is 0.326. The summed E-state index contributed by atoms with van der Waals surface area (Å²) in [4.78, 5) is 0. The van der Waals surface area contributed by atoms with Crippen LogP contribution in [-0.2, 0) is 0 Å². The monoisotopic (exact) mass is 328 g/mol. The van der Waals surface area contributed by atoms with E-state index in [1.165, 1.54) is 0 Å². The van der Waals surface area contributed by atoms with Gasteiger partial charge in [0.05, 0.1) is 0 Å². The molecule has 0 aliphatic carbocycles. The van der Waals surface area contributed by atoms with Crippen molar-refractivity contribution in [3.63, 3.8) is 0 Å². The molecule has 0 rings (SSSR count). The van der Waals surface area contributed by atoms with Gasteiger partial charge in [-0.2, -0.15) is 22.0 Å². The van der Waals surface area contributed by atoms with Crippen LogP contribution in [0, 0.1) is 0 Å². The van der Waals surface area contributed by atoms with Crippen molar-refractivity contribution in [2.24, 2.45) is 0 Å². The molecule has 0 nitrogen and oxygen atoms in total. The van der Waals surface area contributed by atoms with Crippen LogP contribution in [0.15, 0.2) is 0 Å². The highest BCUT2D eigenvalue weighted by Crippen LogP contribution is 2.51. The Morgan fingerprint density at radius 1 is 0.846 bits per heavy atom. The first-order valence-corrected chi connectivity index (χ1v) is 3.63. The van der Waals surface area contributed by atoms with Crippen molar-refractivity contribution in [2.75, 3.05) is 0 Å². The Bertz CT molecular complexity index is 181. The van der Waals surface area contributed by atoms with Crippen LogP contribution in [0.3, 0.4) is 0 Å². The Balaban J connectivity index is 5.04. The van der Waals surface area contributed by atoms with Gasteiger partial charge in [-0.3, -0.25) is 0 Å². The number of hydrogen-bond acceptors (Lipinski definition) is 0. The Morgan fingerprint density at radius 2 is 1.15 bits per heavy atom. The van der Waals surface area contributed by atoms with Crippen LogP contribution in [0.4, 0.5) is 35.1 Å². The third-order valence-corrected chi connectivity index (χ3v) is 2.20. The van der Waals surface area contributed by atoms with E-state index in [0.29, 0.717) is 0 Å². The van der Waals surface area contributed by atoms with Crippen molar-refractivity contribution in [1.29, 1.82) is 0 Å². The minimum atomic E-state index is -6.33. The molecule has 0 aliphatic rings. The second-order valence-corrected chi connectivity index (χ2v) is 3.57. The molecular formula is C4HF8I. The standard InChI is InChI=1S/C4HF8I/c5-1(6)2(7,13)3(8,9)4(10,11)12/h1H. The van der Waals surface area contributed by atoms with Crippen LogP contribution in [0.25, 0.3) is 0 Å². The molecule has 1 unspecified atom stereocenters. The zero-order valence-electron chi connectivity index (χ0n) is 5.48. The SMILES string of the molecule is FC(F)C(F)(I)C(F)(F)C(F)(F)F. The molecule has 0 N–H and O–H groups in total. The molecule has 0 aromatic heterocycles. The van der Waals surface area contributed by atoms with Crippen molar-refractivity contribution < 1.29 is 35.1 Å². The maximum absolute atomic E-state index is 12.3. The summed E-state index contributed by atoms with van der Waals surface area (Å²) in [6, 6.07) is 0. The topological polar surface area (TPSA) is 0 Å². The van der Waals surface area contributed by atoms with Gasteiger partial charge in [0.15, 0.2) is 0 Å². The summed E-state index contributed by atoms with van der Waals surface area (Å²) < 4.78 is 88.3. The molecule has 1 atom stereocenters. The molecule has 0 heterocycles. The van der Waals surface area contributed by atoms with Crippen LogP contribution in [-0.4, -0.2) is 22.2 Å². The lowest BCUT2D eigenvalue weighted by Crippen LogP contribution is -2.54. The summed E-state index contributed by atoms with van der Waals surface area (Å²) in [6.45, 7) is 0. The van der Waals surface area contributed by atoms with Gasteiger partial charge in [-0.25, -0.2) is 13.2 Å². The number of halogens is 9. The van der Waals surface area contributed by atoms with E-state index >= 15 is 0 Å².